The first-order valence-electron chi connectivity index (χ1n) is 7.33. The molecule has 1 aliphatic rings. The van der Waals surface area contributed by atoms with Crippen LogP contribution in [0.15, 0.2) is 48.5 Å². The maximum Gasteiger partial charge on any atom is 0.246 e. The van der Waals surface area contributed by atoms with Crippen molar-refractivity contribution in [2.75, 3.05) is 16.8 Å². The number of nitriles is 1. The van der Waals surface area contributed by atoms with Crippen molar-refractivity contribution in [1.82, 2.24) is 0 Å². The van der Waals surface area contributed by atoms with E-state index in [1.807, 2.05) is 29.2 Å². The zero-order valence-corrected chi connectivity index (χ0v) is 12.4. The summed E-state index contributed by atoms with van der Waals surface area (Å²) in [7, 11) is 0. The fraction of sp³-hybridized carbons (Fsp3) is 0.222. The van der Waals surface area contributed by atoms with Gasteiger partial charge in [0.05, 0.1) is 18.2 Å². The highest BCUT2D eigenvalue weighted by molar-refractivity contribution is 5.98. The summed E-state index contributed by atoms with van der Waals surface area (Å²) in [6.45, 7) is 2.28. The molecule has 0 saturated carbocycles. The van der Waals surface area contributed by atoms with Gasteiger partial charge in [0.15, 0.2) is 0 Å². The van der Waals surface area contributed by atoms with E-state index in [9.17, 15) is 4.79 Å². The monoisotopic (exact) mass is 291 g/mol. The Bertz CT molecular complexity index is 748. The highest BCUT2D eigenvalue weighted by Gasteiger charge is 2.30. The van der Waals surface area contributed by atoms with Crippen molar-refractivity contribution in [2.45, 2.75) is 19.4 Å². The minimum atomic E-state index is 0.0415. The van der Waals surface area contributed by atoms with Crippen LogP contribution in [0, 0.1) is 11.3 Å². The molecule has 22 heavy (non-hydrogen) atoms. The third-order valence-corrected chi connectivity index (χ3v) is 3.91. The molecule has 1 heterocycles. The maximum atomic E-state index is 12.5. The predicted molar refractivity (Wildman–Crippen MR) is 86.7 cm³/mol. The molecule has 1 amide bonds. The number of nitrogens with zero attached hydrogens (tertiary/aromatic N) is 2. The SMILES string of the molecule is C[C@@H]1Cc2ccccc2N1C(=O)CNc1cccc(C#N)c1. The van der Waals surface area contributed by atoms with Crippen LogP contribution in [0.3, 0.4) is 0 Å². The minimum absolute atomic E-state index is 0.0415. The van der Waals surface area contributed by atoms with Gasteiger partial charge in [-0.05, 0) is 43.2 Å². The molecule has 2 aromatic rings. The second kappa shape index (κ2) is 5.90. The van der Waals surface area contributed by atoms with Gasteiger partial charge in [0, 0.05) is 17.4 Å². The van der Waals surface area contributed by atoms with Crippen LogP contribution in [-0.2, 0) is 11.2 Å². The summed E-state index contributed by atoms with van der Waals surface area (Å²) in [5.74, 6) is 0.0415. The van der Waals surface area contributed by atoms with Crippen LogP contribution in [0.25, 0.3) is 0 Å². The molecule has 0 spiro atoms. The Morgan fingerprint density at radius 1 is 1.32 bits per heavy atom. The van der Waals surface area contributed by atoms with Crippen molar-refractivity contribution in [3.05, 3.63) is 59.7 Å². The second-order valence-corrected chi connectivity index (χ2v) is 5.49. The lowest BCUT2D eigenvalue weighted by Crippen LogP contribution is -2.39. The summed E-state index contributed by atoms with van der Waals surface area (Å²) >= 11 is 0. The van der Waals surface area contributed by atoms with Crippen LogP contribution in [-0.4, -0.2) is 18.5 Å². The summed E-state index contributed by atoms with van der Waals surface area (Å²) < 4.78 is 0. The average Bonchev–Trinajstić information content (AvgIpc) is 2.88. The van der Waals surface area contributed by atoms with Crippen molar-refractivity contribution < 1.29 is 4.79 Å². The molecule has 3 rings (SSSR count). The predicted octanol–water partition coefficient (Wildman–Crippen LogP) is 2.95. The molecule has 0 aliphatic carbocycles. The summed E-state index contributed by atoms with van der Waals surface area (Å²) in [6, 6.07) is 17.5. The van der Waals surface area contributed by atoms with Gasteiger partial charge in [-0.25, -0.2) is 0 Å². The van der Waals surface area contributed by atoms with Gasteiger partial charge in [0.25, 0.3) is 0 Å². The zero-order chi connectivity index (χ0) is 15.5. The summed E-state index contributed by atoms with van der Waals surface area (Å²) in [5, 5.41) is 12.0. The van der Waals surface area contributed by atoms with Crippen molar-refractivity contribution >= 4 is 17.3 Å². The van der Waals surface area contributed by atoms with Crippen molar-refractivity contribution in [3.63, 3.8) is 0 Å². The zero-order valence-electron chi connectivity index (χ0n) is 12.4. The second-order valence-electron chi connectivity index (χ2n) is 5.49. The Labute approximate surface area is 130 Å². The number of amides is 1. The molecule has 0 unspecified atom stereocenters. The van der Waals surface area contributed by atoms with E-state index >= 15 is 0 Å². The molecular weight excluding hydrogens is 274 g/mol. The first kappa shape index (κ1) is 14.2. The lowest BCUT2D eigenvalue weighted by molar-refractivity contribution is -0.117. The largest absolute Gasteiger partial charge is 0.376 e. The Kier molecular flexibility index (Phi) is 3.80. The van der Waals surface area contributed by atoms with Crippen LogP contribution >= 0.6 is 0 Å². The highest BCUT2D eigenvalue weighted by atomic mass is 16.2. The smallest absolute Gasteiger partial charge is 0.246 e. The van der Waals surface area contributed by atoms with E-state index in [-0.39, 0.29) is 18.5 Å². The fourth-order valence-corrected chi connectivity index (χ4v) is 2.91. The molecule has 0 aromatic heterocycles. The number of anilines is 2. The number of hydrogen-bond donors (Lipinski definition) is 1. The number of rotatable bonds is 3. The molecule has 4 heteroatoms. The topological polar surface area (TPSA) is 56.1 Å². The Morgan fingerprint density at radius 3 is 2.95 bits per heavy atom. The van der Waals surface area contributed by atoms with Gasteiger partial charge in [0.2, 0.25) is 5.91 Å². The van der Waals surface area contributed by atoms with Gasteiger partial charge in [-0.3, -0.25) is 4.79 Å². The Balaban J connectivity index is 1.71. The summed E-state index contributed by atoms with van der Waals surface area (Å²) in [5.41, 5.74) is 3.59. The van der Waals surface area contributed by atoms with Gasteiger partial charge in [-0.2, -0.15) is 5.26 Å². The van der Waals surface area contributed by atoms with E-state index in [0.29, 0.717) is 5.56 Å². The van der Waals surface area contributed by atoms with E-state index in [4.69, 9.17) is 5.26 Å². The maximum absolute atomic E-state index is 12.5. The molecule has 110 valence electrons. The minimum Gasteiger partial charge on any atom is -0.376 e. The van der Waals surface area contributed by atoms with Gasteiger partial charge < -0.3 is 10.2 Å². The first-order chi connectivity index (χ1) is 10.7. The van der Waals surface area contributed by atoms with E-state index < -0.39 is 0 Å². The van der Waals surface area contributed by atoms with Crippen LogP contribution in [0.4, 0.5) is 11.4 Å². The molecule has 1 N–H and O–H groups in total. The Morgan fingerprint density at radius 2 is 2.14 bits per heavy atom. The molecule has 0 bridgehead atoms. The quantitative estimate of drug-likeness (QED) is 0.946. The third-order valence-electron chi connectivity index (χ3n) is 3.91. The lowest BCUT2D eigenvalue weighted by Gasteiger charge is -2.23. The molecule has 1 aliphatic heterocycles. The molecule has 2 aromatic carbocycles. The average molecular weight is 291 g/mol. The van der Waals surface area contributed by atoms with Gasteiger partial charge >= 0.3 is 0 Å². The van der Waals surface area contributed by atoms with Crippen LogP contribution in [0.5, 0.6) is 0 Å². The van der Waals surface area contributed by atoms with Gasteiger partial charge in [-0.1, -0.05) is 24.3 Å². The fourth-order valence-electron chi connectivity index (χ4n) is 2.91. The number of carbonyl (C=O) groups excluding carboxylic acids is 1. The van der Waals surface area contributed by atoms with Crippen LogP contribution in [0.1, 0.15) is 18.1 Å². The van der Waals surface area contributed by atoms with Crippen molar-refractivity contribution in [3.8, 4) is 6.07 Å². The number of nitrogens with one attached hydrogen (secondary N) is 1. The Hall–Kier alpha value is -2.80. The van der Waals surface area contributed by atoms with E-state index in [1.54, 1.807) is 18.2 Å². The summed E-state index contributed by atoms with van der Waals surface area (Å²) in [4.78, 5) is 14.4. The molecule has 4 nitrogen and oxygen atoms in total. The summed E-state index contributed by atoms with van der Waals surface area (Å²) in [6.07, 6.45) is 0.895. The molecule has 0 radical (unpaired) electrons. The highest BCUT2D eigenvalue weighted by Crippen LogP contribution is 2.31. The van der Waals surface area contributed by atoms with Crippen LogP contribution in [0.2, 0.25) is 0 Å². The first-order valence-corrected chi connectivity index (χ1v) is 7.33. The number of para-hydroxylation sites is 1. The van der Waals surface area contributed by atoms with Crippen molar-refractivity contribution in [1.29, 1.82) is 5.26 Å². The third kappa shape index (κ3) is 2.66. The molecule has 0 saturated heterocycles. The standard InChI is InChI=1S/C18H17N3O/c1-13-9-15-6-2-3-8-17(15)21(13)18(22)12-20-16-7-4-5-14(10-16)11-19/h2-8,10,13,20H,9,12H2,1H3/t13-/m1/s1. The molecule has 1 atom stereocenters. The number of hydrogen-bond acceptors (Lipinski definition) is 3. The normalized spacial score (nSPS) is 16.0. The van der Waals surface area contributed by atoms with Gasteiger partial charge in [-0.15, -0.1) is 0 Å². The van der Waals surface area contributed by atoms with E-state index in [0.717, 1.165) is 17.8 Å². The number of carbonyl (C=O) groups is 1. The molecule has 0 fully saturated rings. The van der Waals surface area contributed by atoms with Gasteiger partial charge in [0.1, 0.15) is 0 Å². The molecular formula is C18H17N3O. The van der Waals surface area contributed by atoms with E-state index in [2.05, 4.69) is 24.4 Å². The van der Waals surface area contributed by atoms with Crippen LogP contribution < -0.4 is 10.2 Å². The lowest BCUT2D eigenvalue weighted by atomic mass is 10.1. The van der Waals surface area contributed by atoms with Crippen molar-refractivity contribution in [2.24, 2.45) is 0 Å². The number of benzene rings is 2. The van der Waals surface area contributed by atoms with E-state index in [1.165, 1.54) is 5.56 Å². The number of fused-ring (bicyclic) bond motifs is 1.